The second-order valence-electron chi connectivity index (χ2n) is 21.9. The smallest absolute Gasteiger partial charge is 0.251 e. The standard InChI is InChI=1S/C55H77IN10O8/c1-32(25-35-19-14-12-15-20-35)59-49(70)41-28-39(30-65(41)52(73)43(54(4,5)6)63-46(67)34(3)57-10)61-47(68)37-23-18-24-38(27-37)48(69)62-40-29-42(50(71)60-33(2)26-36-21-16-13-17-22-36)66(31-40)53(74)44(55(7,8)9)64-51(72)45(56)58-11/h12-24,27,32-34,39-45,57-58H,25-26,28-31H2,1-11H3,(H,59,70)(H,60,71)(H,61,68)(H,62,69)(H,63,67)(H,64,72)/t32?,33-,34+,39+,40+,41+,42+,43-,44-,45-/m1/s1. The molecule has 0 aromatic heterocycles. The predicted molar refractivity (Wildman–Crippen MR) is 293 cm³/mol. The molecule has 2 aliphatic heterocycles. The van der Waals surface area contributed by atoms with Gasteiger partial charge in [0.15, 0.2) is 0 Å². The molecule has 3 aromatic carbocycles. The van der Waals surface area contributed by atoms with E-state index in [-0.39, 0.29) is 55.0 Å². The maximum Gasteiger partial charge on any atom is 0.251 e. The maximum atomic E-state index is 14.6. The van der Waals surface area contributed by atoms with Gasteiger partial charge in [0.05, 0.1) is 6.04 Å². The molecule has 74 heavy (non-hydrogen) atoms. The number of alkyl halides is 1. The number of hydrogen-bond acceptors (Lipinski definition) is 10. The zero-order chi connectivity index (χ0) is 54.7. The summed E-state index contributed by atoms with van der Waals surface area (Å²) in [5, 5.41) is 23.7. The molecular formula is C55H77IN10O8. The molecule has 18 nitrogen and oxygen atoms in total. The Morgan fingerprint density at radius 2 is 0.946 bits per heavy atom. The van der Waals surface area contributed by atoms with E-state index in [1.165, 1.54) is 15.9 Å². The summed E-state index contributed by atoms with van der Waals surface area (Å²) in [4.78, 5) is 115. The van der Waals surface area contributed by atoms with Crippen LogP contribution < -0.4 is 42.5 Å². The summed E-state index contributed by atoms with van der Waals surface area (Å²) < 4.78 is -0.620. The first kappa shape index (κ1) is 59.0. The molecule has 19 heteroatoms. The number of hydrogen-bond donors (Lipinski definition) is 8. The van der Waals surface area contributed by atoms with E-state index in [2.05, 4.69) is 42.5 Å². The molecule has 8 amide bonds. The molecule has 10 atom stereocenters. The van der Waals surface area contributed by atoms with Crippen molar-refractivity contribution in [2.75, 3.05) is 27.2 Å². The van der Waals surface area contributed by atoms with Crippen LogP contribution in [0.4, 0.5) is 0 Å². The van der Waals surface area contributed by atoms with E-state index in [1.54, 1.807) is 39.2 Å². The van der Waals surface area contributed by atoms with Gasteiger partial charge in [-0.3, -0.25) is 38.4 Å². The summed E-state index contributed by atoms with van der Waals surface area (Å²) in [7, 11) is 3.28. The van der Waals surface area contributed by atoms with E-state index in [9.17, 15) is 38.4 Å². The molecule has 0 spiro atoms. The minimum absolute atomic E-state index is 0.0233. The zero-order valence-corrected chi connectivity index (χ0v) is 46.8. The predicted octanol–water partition coefficient (Wildman–Crippen LogP) is 3.23. The van der Waals surface area contributed by atoms with Crippen molar-refractivity contribution in [2.24, 2.45) is 10.8 Å². The Morgan fingerprint density at radius 3 is 1.31 bits per heavy atom. The number of nitrogens with zero attached hydrogens (tertiary/aromatic N) is 2. The third-order valence-electron chi connectivity index (χ3n) is 13.5. The molecule has 2 fully saturated rings. The molecule has 0 saturated carbocycles. The van der Waals surface area contributed by atoms with Crippen LogP contribution in [0.1, 0.15) is 107 Å². The number of amides is 8. The molecule has 2 saturated heterocycles. The monoisotopic (exact) mass is 1130 g/mol. The summed E-state index contributed by atoms with van der Waals surface area (Å²) in [6, 6.07) is 19.0. The van der Waals surface area contributed by atoms with E-state index in [0.717, 1.165) is 11.1 Å². The van der Waals surface area contributed by atoms with Gasteiger partial charge in [0.25, 0.3) is 11.8 Å². The second kappa shape index (κ2) is 26.0. The largest absolute Gasteiger partial charge is 0.352 e. The first-order valence-corrected chi connectivity index (χ1v) is 26.7. The van der Waals surface area contributed by atoms with Crippen molar-refractivity contribution in [3.8, 4) is 0 Å². The highest BCUT2D eigenvalue weighted by Crippen LogP contribution is 2.29. The highest BCUT2D eigenvalue weighted by molar-refractivity contribution is 14.1. The highest BCUT2D eigenvalue weighted by Gasteiger charge is 2.47. The van der Waals surface area contributed by atoms with Gasteiger partial charge in [0, 0.05) is 48.4 Å². The van der Waals surface area contributed by atoms with Crippen molar-refractivity contribution in [3.05, 3.63) is 107 Å². The fourth-order valence-corrected chi connectivity index (χ4v) is 9.47. The summed E-state index contributed by atoms with van der Waals surface area (Å²) in [6.07, 6.45) is 1.27. The van der Waals surface area contributed by atoms with Crippen LogP contribution in [-0.4, -0.2) is 143 Å². The zero-order valence-electron chi connectivity index (χ0n) is 44.6. The minimum atomic E-state index is -1.01. The van der Waals surface area contributed by atoms with Gasteiger partial charge in [0.1, 0.15) is 28.2 Å². The second-order valence-corrected chi connectivity index (χ2v) is 23.1. The lowest BCUT2D eigenvalue weighted by Crippen LogP contribution is -2.60. The Labute approximate surface area is 450 Å². The number of benzene rings is 3. The van der Waals surface area contributed by atoms with Crippen molar-refractivity contribution >= 4 is 69.8 Å². The number of likely N-dealkylation sites (N-methyl/N-ethyl adjacent to an activating group) is 2. The lowest BCUT2D eigenvalue weighted by Gasteiger charge is -2.36. The molecule has 3 aromatic rings. The molecule has 0 radical (unpaired) electrons. The van der Waals surface area contributed by atoms with Crippen LogP contribution in [-0.2, 0) is 41.6 Å². The van der Waals surface area contributed by atoms with Crippen molar-refractivity contribution in [2.45, 2.75) is 146 Å². The van der Waals surface area contributed by atoms with E-state index >= 15 is 0 Å². The van der Waals surface area contributed by atoms with Gasteiger partial charge >= 0.3 is 0 Å². The summed E-state index contributed by atoms with van der Waals surface area (Å²) in [6.45, 7) is 16.4. The number of likely N-dealkylation sites (tertiary alicyclic amines) is 2. The van der Waals surface area contributed by atoms with E-state index < -0.39 is 98.5 Å². The molecule has 402 valence electrons. The number of rotatable bonds is 20. The van der Waals surface area contributed by atoms with Crippen LogP contribution in [0, 0.1) is 10.8 Å². The van der Waals surface area contributed by atoms with Crippen LogP contribution in [0.3, 0.4) is 0 Å². The Hall–Kier alpha value is -5.93. The maximum absolute atomic E-state index is 14.6. The SMILES string of the molecule is CN[C@@H](C)C(=O)N[C@H](C(=O)N1C[C@@H](NC(=O)c2cccc(C(=O)N[C@H]3C[C@@H](C(=O)N[C@H](C)Cc4ccccc4)N(C(=O)[C@@H](NC(=O)[C@H](I)NC)C(C)(C)C)C3)c2)C[C@H]1C(=O)NC(C)Cc1ccccc1)C(C)(C)C. The van der Waals surface area contributed by atoms with E-state index in [4.69, 9.17) is 0 Å². The van der Waals surface area contributed by atoms with Crippen LogP contribution in [0.25, 0.3) is 0 Å². The van der Waals surface area contributed by atoms with Crippen molar-refractivity contribution in [1.29, 1.82) is 0 Å². The molecule has 0 aliphatic carbocycles. The Balaban J connectivity index is 1.34. The quantitative estimate of drug-likeness (QED) is 0.0467. The van der Waals surface area contributed by atoms with Gasteiger partial charge in [0.2, 0.25) is 35.4 Å². The van der Waals surface area contributed by atoms with Crippen molar-refractivity contribution < 1.29 is 38.4 Å². The number of halogens is 1. The molecule has 5 rings (SSSR count). The first-order chi connectivity index (χ1) is 34.8. The van der Waals surface area contributed by atoms with Crippen LogP contribution in [0.2, 0.25) is 0 Å². The molecular weight excluding hydrogens is 1060 g/mol. The van der Waals surface area contributed by atoms with Crippen LogP contribution in [0.15, 0.2) is 84.9 Å². The lowest BCUT2D eigenvalue weighted by molar-refractivity contribution is -0.144. The van der Waals surface area contributed by atoms with Gasteiger partial charge in [-0.2, -0.15) is 0 Å². The van der Waals surface area contributed by atoms with Crippen molar-refractivity contribution in [3.63, 3.8) is 0 Å². The summed E-state index contributed by atoms with van der Waals surface area (Å²) >= 11 is 1.94. The van der Waals surface area contributed by atoms with E-state index in [0.29, 0.717) is 12.8 Å². The molecule has 0 bridgehead atoms. The lowest BCUT2D eigenvalue weighted by atomic mass is 9.85. The number of nitrogens with one attached hydrogen (secondary N) is 8. The van der Waals surface area contributed by atoms with E-state index in [1.807, 2.05) is 139 Å². The Bertz CT molecular complexity index is 2300. The third-order valence-corrected chi connectivity index (χ3v) is 14.7. The number of carbonyl (C=O) groups is 8. The van der Waals surface area contributed by atoms with Crippen LogP contribution in [0.5, 0.6) is 0 Å². The van der Waals surface area contributed by atoms with Gasteiger partial charge < -0.3 is 52.3 Å². The Morgan fingerprint density at radius 1 is 0.554 bits per heavy atom. The normalized spacial score (nSPS) is 20.2. The van der Waals surface area contributed by atoms with Gasteiger partial charge in [-0.1, -0.05) is 131 Å². The molecule has 8 N–H and O–H groups in total. The minimum Gasteiger partial charge on any atom is -0.352 e. The van der Waals surface area contributed by atoms with Gasteiger partial charge in [-0.25, -0.2) is 0 Å². The highest BCUT2D eigenvalue weighted by atomic mass is 127. The third kappa shape index (κ3) is 16.0. The molecule has 2 heterocycles. The fraction of sp³-hybridized carbons (Fsp3) is 0.527. The summed E-state index contributed by atoms with van der Waals surface area (Å²) in [5.74, 6) is -3.57. The first-order valence-electron chi connectivity index (χ1n) is 25.4. The van der Waals surface area contributed by atoms with Gasteiger partial charge in [-0.05, 0) is 101 Å². The molecule has 2 aliphatic rings. The topological polar surface area (TPSA) is 239 Å². The molecule has 1 unspecified atom stereocenters. The average molecular weight is 1130 g/mol. The number of carbonyl (C=O) groups excluding carboxylic acids is 8. The summed E-state index contributed by atoms with van der Waals surface area (Å²) in [5.41, 5.74) is 0.844. The van der Waals surface area contributed by atoms with Crippen molar-refractivity contribution in [1.82, 2.24) is 52.3 Å². The van der Waals surface area contributed by atoms with Crippen LogP contribution >= 0.6 is 22.6 Å². The van der Waals surface area contributed by atoms with Gasteiger partial charge in [-0.15, -0.1) is 0 Å². The average Bonchev–Trinajstić information content (AvgIpc) is 3.98. The Kier molecular flexibility index (Phi) is 20.7. The fourth-order valence-electron chi connectivity index (χ4n) is 9.29.